The fourth-order valence-electron chi connectivity index (χ4n) is 2.58. The van der Waals surface area contributed by atoms with Gasteiger partial charge >= 0.3 is 0 Å². The molecule has 3 heterocycles. The Labute approximate surface area is 174 Å². The van der Waals surface area contributed by atoms with Crippen molar-refractivity contribution < 1.29 is 4.79 Å². The number of aromatic nitrogens is 3. The minimum absolute atomic E-state index is 0.132. The van der Waals surface area contributed by atoms with Crippen molar-refractivity contribution in [2.75, 3.05) is 5.32 Å². The van der Waals surface area contributed by atoms with Gasteiger partial charge in [-0.1, -0.05) is 6.07 Å². The van der Waals surface area contributed by atoms with E-state index in [-0.39, 0.29) is 5.91 Å². The van der Waals surface area contributed by atoms with Gasteiger partial charge in [-0.3, -0.25) is 4.79 Å². The Morgan fingerprint density at radius 3 is 2.64 bits per heavy atom. The summed E-state index contributed by atoms with van der Waals surface area (Å²) >= 11 is 4.53. The predicted molar refractivity (Wildman–Crippen MR) is 115 cm³/mol. The van der Waals surface area contributed by atoms with Gasteiger partial charge in [-0.05, 0) is 66.9 Å². The van der Waals surface area contributed by atoms with Crippen molar-refractivity contribution in [3.05, 3.63) is 70.3 Å². The van der Waals surface area contributed by atoms with Gasteiger partial charge in [0, 0.05) is 23.0 Å². The van der Waals surface area contributed by atoms with Gasteiger partial charge in [0.1, 0.15) is 9.88 Å². The quantitative estimate of drug-likeness (QED) is 0.417. The number of carbonyl (C=O) groups excluding carboxylic acids is 1. The van der Waals surface area contributed by atoms with Crippen LogP contribution >= 0.6 is 34.4 Å². The van der Waals surface area contributed by atoms with Crippen LogP contribution in [-0.2, 0) is 0 Å². The number of nitrogens with zero attached hydrogens (tertiary/aromatic N) is 3. The van der Waals surface area contributed by atoms with Gasteiger partial charge in [0.2, 0.25) is 0 Å². The molecule has 0 aliphatic carbocycles. The number of hydrogen-bond donors (Lipinski definition) is 1. The lowest BCUT2D eigenvalue weighted by atomic mass is 10.2. The minimum Gasteiger partial charge on any atom is -0.321 e. The third kappa shape index (κ3) is 4.14. The second kappa shape index (κ2) is 8.22. The number of anilines is 1. The van der Waals surface area contributed by atoms with E-state index < -0.39 is 0 Å². The first-order chi connectivity index (χ1) is 13.6. The molecule has 0 atom stereocenters. The number of thiophene rings is 1. The monoisotopic (exact) mass is 424 g/mol. The second-order valence-electron chi connectivity index (χ2n) is 5.98. The zero-order valence-corrected chi connectivity index (χ0v) is 17.6. The fraction of sp³-hybridized carbons (Fsp3) is 0.100. The fourth-order valence-corrected chi connectivity index (χ4v) is 5.14. The average molecular weight is 425 g/mol. The Bertz CT molecular complexity index is 1110. The standard InChI is InChI=1S/C20H16N4OS3/c1-12-11-14(27-20-21-8-4-9-22-20)6-7-15(12)24-18(25)17-13(2)23-19(28-17)16-5-3-10-26-16/h3-11H,1-2H3,(H,24,25). The summed E-state index contributed by atoms with van der Waals surface area (Å²) in [4.78, 5) is 28.5. The maximum Gasteiger partial charge on any atom is 0.267 e. The molecule has 5 nitrogen and oxygen atoms in total. The highest BCUT2D eigenvalue weighted by Gasteiger charge is 2.17. The Balaban J connectivity index is 1.50. The first-order valence-corrected chi connectivity index (χ1v) is 11.0. The van der Waals surface area contributed by atoms with Crippen LogP contribution in [0.5, 0.6) is 0 Å². The molecule has 0 aliphatic rings. The van der Waals surface area contributed by atoms with Crippen molar-refractivity contribution in [1.29, 1.82) is 0 Å². The molecule has 3 aromatic heterocycles. The largest absolute Gasteiger partial charge is 0.321 e. The Morgan fingerprint density at radius 2 is 1.93 bits per heavy atom. The van der Waals surface area contributed by atoms with E-state index in [1.54, 1.807) is 29.8 Å². The summed E-state index contributed by atoms with van der Waals surface area (Å²) in [6, 6.07) is 11.7. The molecule has 4 rings (SSSR count). The summed E-state index contributed by atoms with van der Waals surface area (Å²) in [5.74, 6) is -0.132. The SMILES string of the molecule is Cc1cc(Sc2ncccn2)ccc1NC(=O)c1sc(-c2cccs2)nc1C. The minimum atomic E-state index is -0.132. The third-order valence-electron chi connectivity index (χ3n) is 3.93. The maximum atomic E-state index is 12.8. The van der Waals surface area contributed by atoms with Gasteiger partial charge < -0.3 is 5.32 Å². The van der Waals surface area contributed by atoms with E-state index in [0.717, 1.165) is 31.7 Å². The topological polar surface area (TPSA) is 67.8 Å². The number of nitrogens with one attached hydrogen (secondary N) is 1. The lowest BCUT2D eigenvalue weighted by Gasteiger charge is -2.09. The van der Waals surface area contributed by atoms with Crippen LogP contribution < -0.4 is 5.32 Å². The van der Waals surface area contributed by atoms with Gasteiger partial charge in [0.25, 0.3) is 5.91 Å². The van der Waals surface area contributed by atoms with Crippen molar-refractivity contribution >= 4 is 46.0 Å². The molecule has 0 fully saturated rings. The maximum absolute atomic E-state index is 12.8. The molecule has 1 amide bonds. The van der Waals surface area contributed by atoms with Crippen molar-refractivity contribution in [1.82, 2.24) is 15.0 Å². The first kappa shape index (κ1) is 18.8. The van der Waals surface area contributed by atoms with E-state index in [1.807, 2.05) is 49.6 Å². The summed E-state index contributed by atoms with van der Waals surface area (Å²) in [6.07, 6.45) is 3.44. The van der Waals surface area contributed by atoms with Gasteiger partial charge in [-0.2, -0.15) is 0 Å². The summed E-state index contributed by atoms with van der Waals surface area (Å²) in [7, 11) is 0. The van der Waals surface area contributed by atoms with E-state index in [9.17, 15) is 4.79 Å². The van der Waals surface area contributed by atoms with Gasteiger partial charge in [-0.25, -0.2) is 15.0 Å². The molecule has 8 heteroatoms. The van der Waals surface area contributed by atoms with Crippen LogP contribution in [0.3, 0.4) is 0 Å². The molecule has 0 saturated heterocycles. The number of rotatable bonds is 5. The number of hydrogen-bond acceptors (Lipinski definition) is 7. The number of carbonyl (C=O) groups is 1. The number of amides is 1. The summed E-state index contributed by atoms with van der Waals surface area (Å²) in [6.45, 7) is 3.84. The van der Waals surface area contributed by atoms with E-state index >= 15 is 0 Å². The molecule has 1 N–H and O–H groups in total. The van der Waals surface area contributed by atoms with Crippen LogP contribution in [0.2, 0.25) is 0 Å². The normalized spacial score (nSPS) is 10.8. The van der Waals surface area contributed by atoms with Gasteiger partial charge in [0.05, 0.1) is 10.6 Å². The highest BCUT2D eigenvalue weighted by Crippen LogP contribution is 2.32. The third-order valence-corrected chi connectivity index (χ3v) is 7.01. The van der Waals surface area contributed by atoms with E-state index in [2.05, 4.69) is 20.3 Å². The van der Waals surface area contributed by atoms with Crippen molar-refractivity contribution in [2.45, 2.75) is 23.9 Å². The van der Waals surface area contributed by atoms with Gasteiger partial charge in [-0.15, -0.1) is 22.7 Å². The Morgan fingerprint density at radius 1 is 1.11 bits per heavy atom. The zero-order chi connectivity index (χ0) is 19.5. The van der Waals surface area contributed by atoms with Crippen LogP contribution in [-0.4, -0.2) is 20.9 Å². The smallest absolute Gasteiger partial charge is 0.267 e. The molecule has 4 aromatic rings. The average Bonchev–Trinajstić information content (AvgIpc) is 3.34. The van der Waals surface area contributed by atoms with Crippen molar-refractivity contribution in [2.24, 2.45) is 0 Å². The Kier molecular flexibility index (Phi) is 5.52. The molecule has 140 valence electrons. The van der Waals surface area contributed by atoms with Gasteiger partial charge in [0.15, 0.2) is 5.16 Å². The first-order valence-electron chi connectivity index (χ1n) is 8.48. The summed E-state index contributed by atoms with van der Waals surface area (Å²) in [5, 5.41) is 6.59. The molecule has 0 saturated carbocycles. The second-order valence-corrected chi connectivity index (χ2v) is 8.96. The lowest BCUT2D eigenvalue weighted by Crippen LogP contribution is -2.12. The number of benzene rings is 1. The molecule has 28 heavy (non-hydrogen) atoms. The Hall–Kier alpha value is -2.55. The van der Waals surface area contributed by atoms with Crippen molar-refractivity contribution in [3.63, 3.8) is 0 Å². The van der Waals surface area contributed by atoms with E-state index in [1.165, 1.54) is 23.1 Å². The van der Waals surface area contributed by atoms with E-state index in [4.69, 9.17) is 0 Å². The van der Waals surface area contributed by atoms with Crippen molar-refractivity contribution in [3.8, 4) is 9.88 Å². The molecule has 1 aromatic carbocycles. The molecule has 0 bridgehead atoms. The predicted octanol–water partition coefficient (Wildman–Crippen LogP) is 5.68. The zero-order valence-electron chi connectivity index (χ0n) is 15.2. The van der Waals surface area contributed by atoms with Crippen LogP contribution in [0.15, 0.2) is 64.2 Å². The lowest BCUT2D eigenvalue weighted by molar-refractivity contribution is 0.102. The number of thiazole rings is 1. The van der Waals surface area contributed by atoms with Crippen LogP contribution in [0, 0.1) is 13.8 Å². The molecule has 0 spiro atoms. The molecule has 0 unspecified atom stereocenters. The molecule has 0 radical (unpaired) electrons. The molecule has 0 aliphatic heterocycles. The van der Waals surface area contributed by atoms with Crippen LogP contribution in [0.4, 0.5) is 5.69 Å². The highest BCUT2D eigenvalue weighted by atomic mass is 32.2. The summed E-state index contributed by atoms with van der Waals surface area (Å²) < 4.78 is 0. The number of aryl methyl sites for hydroxylation is 2. The molecular weight excluding hydrogens is 408 g/mol. The van der Waals surface area contributed by atoms with Crippen LogP contribution in [0.1, 0.15) is 20.9 Å². The highest BCUT2D eigenvalue weighted by molar-refractivity contribution is 7.99. The van der Waals surface area contributed by atoms with E-state index in [0.29, 0.717) is 10.0 Å². The summed E-state index contributed by atoms with van der Waals surface area (Å²) in [5.41, 5.74) is 2.51. The van der Waals surface area contributed by atoms with Crippen LogP contribution in [0.25, 0.3) is 9.88 Å². The molecular formula is C20H16N4OS3.